The molecule has 0 aliphatic rings. The van der Waals surface area contributed by atoms with Gasteiger partial charge in [-0.2, -0.15) is 9.97 Å². The monoisotopic (exact) mass is 282 g/mol. The summed E-state index contributed by atoms with van der Waals surface area (Å²) in [6.07, 6.45) is 1.63. The first-order chi connectivity index (χ1) is 10.3. The van der Waals surface area contributed by atoms with E-state index in [2.05, 4.69) is 61.8 Å². The molecule has 0 fully saturated rings. The molecule has 0 bridgehead atoms. The number of H-pyrrole nitrogens is 1. The van der Waals surface area contributed by atoms with E-state index in [0.29, 0.717) is 17.5 Å². The van der Waals surface area contributed by atoms with Gasteiger partial charge in [-0.3, -0.25) is 0 Å². The molecule has 0 spiro atoms. The van der Waals surface area contributed by atoms with Crippen molar-refractivity contribution >= 4 is 22.9 Å². The molecule has 3 rings (SSSR count). The van der Waals surface area contributed by atoms with Gasteiger partial charge in [-0.15, -0.1) is 0 Å². The maximum absolute atomic E-state index is 4.45. The summed E-state index contributed by atoms with van der Waals surface area (Å²) in [5.74, 6) is 1.71. The molecule has 1 atom stereocenters. The van der Waals surface area contributed by atoms with E-state index >= 15 is 0 Å². The second-order valence-electron chi connectivity index (χ2n) is 4.94. The molecule has 108 valence electrons. The Kier molecular flexibility index (Phi) is 3.68. The molecule has 0 aliphatic carbocycles. The molecule has 6 heteroatoms. The molecule has 1 aromatic carbocycles. The van der Waals surface area contributed by atoms with Crippen molar-refractivity contribution < 1.29 is 0 Å². The van der Waals surface area contributed by atoms with Crippen LogP contribution in [-0.4, -0.2) is 33.5 Å². The smallest absolute Gasteiger partial charge is 0.226 e. The van der Waals surface area contributed by atoms with Crippen molar-refractivity contribution in [1.29, 1.82) is 0 Å². The van der Waals surface area contributed by atoms with Gasteiger partial charge < -0.3 is 15.6 Å². The number of fused-ring (bicyclic) bond motifs is 1. The molecule has 0 radical (unpaired) electrons. The lowest BCUT2D eigenvalue weighted by Crippen LogP contribution is -2.12. The quantitative estimate of drug-likeness (QED) is 0.670. The highest BCUT2D eigenvalue weighted by molar-refractivity contribution is 5.83. The van der Waals surface area contributed by atoms with Gasteiger partial charge in [0, 0.05) is 13.6 Å². The van der Waals surface area contributed by atoms with E-state index in [1.807, 2.05) is 6.07 Å². The van der Waals surface area contributed by atoms with Gasteiger partial charge in [-0.25, -0.2) is 4.98 Å². The number of hydrogen-bond acceptors (Lipinski definition) is 5. The summed E-state index contributed by atoms with van der Waals surface area (Å²) in [5, 5.41) is 6.34. The molecule has 0 saturated carbocycles. The van der Waals surface area contributed by atoms with Crippen LogP contribution in [0, 0.1) is 0 Å². The van der Waals surface area contributed by atoms with Gasteiger partial charge in [0.2, 0.25) is 5.95 Å². The van der Waals surface area contributed by atoms with Crippen molar-refractivity contribution in [3.05, 3.63) is 42.2 Å². The number of hydrogen-bond donors (Lipinski definition) is 3. The third-order valence-corrected chi connectivity index (χ3v) is 3.45. The number of nitrogens with zero attached hydrogens (tertiary/aromatic N) is 3. The molecular weight excluding hydrogens is 264 g/mol. The number of rotatable bonds is 5. The van der Waals surface area contributed by atoms with Crippen molar-refractivity contribution in [3.8, 4) is 0 Å². The zero-order valence-electron chi connectivity index (χ0n) is 12.1. The first kappa shape index (κ1) is 13.4. The van der Waals surface area contributed by atoms with Crippen molar-refractivity contribution in [2.24, 2.45) is 0 Å². The lowest BCUT2D eigenvalue weighted by molar-refractivity contribution is 0.802. The van der Waals surface area contributed by atoms with Crippen LogP contribution < -0.4 is 10.6 Å². The Morgan fingerprint density at radius 1 is 1.19 bits per heavy atom. The zero-order chi connectivity index (χ0) is 14.7. The Balaban J connectivity index is 1.80. The average molecular weight is 282 g/mol. The summed E-state index contributed by atoms with van der Waals surface area (Å²) < 4.78 is 0. The second-order valence-corrected chi connectivity index (χ2v) is 4.94. The fraction of sp³-hybridized carbons (Fsp3) is 0.267. The predicted octanol–water partition coefficient (Wildman–Crippen LogP) is 2.61. The summed E-state index contributed by atoms with van der Waals surface area (Å²) in [7, 11) is 1.80. The Hall–Kier alpha value is -2.63. The van der Waals surface area contributed by atoms with E-state index in [-0.39, 0.29) is 0 Å². The molecule has 2 heterocycles. The minimum absolute atomic E-state index is 0.386. The largest absolute Gasteiger partial charge is 0.368 e. The van der Waals surface area contributed by atoms with Gasteiger partial charge >= 0.3 is 0 Å². The van der Waals surface area contributed by atoms with E-state index in [1.54, 1.807) is 13.4 Å². The van der Waals surface area contributed by atoms with Gasteiger partial charge in [0.1, 0.15) is 5.52 Å². The maximum atomic E-state index is 4.45. The Morgan fingerprint density at radius 2 is 2.00 bits per heavy atom. The van der Waals surface area contributed by atoms with Crippen molar-refractivity contribution in [1.82, 2.24) is 19.9 Å². The minimum atomic E-state index is 0.386. The van der Waals surface area contributed by atoms with Gasteiger partial charge in [-0.05, 0) is 11.5 Å². The molecule has 0 saturated heterocycles. The number of aromatic amines is 1. The van der Waals surface area contributed by atoms with Crippen molar-refractivity contribution in [3.63, 3.8) is 0 Å². The van der Waals surface area contributed by atoms with Gasteiger partial charge in [-0.1, -0.05) is 37.3 Å². The molecule has 0 aliphatic heterocycles. The molecule has 3 N–H and O–H groups in total. The van der Waals surface area contributed by atoms with E-state index in [1.165, 1.54) is 5.56 Å². The van der Waals surface area contributed by atoms with Gasteiger partial charge in [0.05, 0.1) is 6.33 Å². The number of benzene rings is 1. The summed E-state index contributed by atoms with van der Waals surface area (Å²) in [5.41, 5.74) is 2.78. The highest BCUT2D eigenvalue weighted by Crippen LogP contribution is 2.20. The minimum Gasteiger partial charge on any atom is -0.368 e. The summed E-state index contributed by atoms with van der Waals surface area (Å²) in [4.78, 5) is 16.0. The lowest BCUT2D eigenvalue weighted by atomic mass is 10.0. The first-order valence-electron chi connectivity index (χ1n) is 6.95. The number of imidazole rings is 1. The third kappa shape index (κ3) is 2.79. The molecule has 1 unspecified atom stereocenters. The van der Waals surface area contributed by atoms with Crippen LogP contribution in [0.3, 0.4) is 0 Å². The van der Waals surface area contributed by atoms with Crippen molar-refractivity contribution in [2.45, 2.75) is 12.8 Å². The van der Waals surface area contributed by atoms with E-state index in [9.17, 15) is 0 Å². The van der Waals surface area contributed by atoms with E-state index in [4.69, 9.17) is 0 Å². The topological polar surface area (TPSA) is 78.5 Å². The number of nitrogens with one attached hydrogen (secondary N) is 3. The molecule has 2 aromatic heterocycles. The normalized spacial score (nSPS) is 12.3. The first-order valence-corrected chi connectivity index (χ1v) is 6.95. The van der Waals surface area contributed by atoms with Crippen LogP contribution in [0.15, 0.2) is 36.7 Å². The van der Waals surface area contributed by atoms with E-state index < -0.39 is 0 Å². The second kappa shape index (κ2) is 5.78. The fourth-order valence-electron chi connectivity index (χ4n) is 2.22. The molecular formula is C15H18N6. The van der Waals surface area contributed by atoms with Crippen LogP contribution in [-0.2, 0) is 0 Å². The standard InChI is InChI=1S/C15H18N6/c1-10(11-6-4-3-5-7-11)8-17-13-12-14(19-9-18-12)21-15(16-2)20-13/h3-7,9-10H,8H2,1-2H3,(H3,16,17,18,19,20,21). The summed E-state index contributed by atoms with van der Waals surface area (Å²) >= 11 is 0. The maximum Gasteiger partial charge on any atom is 0.226 e. The fourth-order valence-corrected chi connectivity index (χ4v) is 2.22. The van der Waals surface area contributed by atoms with Crippen LogP contribution in [0.5, 0.6) is 0 Å². The molecule has 6 nitrogen and oxygen atoms in total. The molecule has 21 heavy (non-hydrogen) atoms. The SMILES string of the molecule is CNc1nc(NCC(C)c2ccccc2)c2[nH]cnc2n1. The predicted molar refractivity (Wildman–Crippen MR) is 84.6 cm³/mol. The van der Waals surface area contributed by atoms with E-state index in [0.717, 1.165) is 17.9 Å². The Labute approximate surface area is 123 Å². The summed E-state index contributed by atoms with van der Waals surface area (Å²) in [6.45, 7) is 2.98. The zero-order valence-corrected chi connectivity index (χ0v) is 12.1. The third-order valence-electron chi connectivity index (χ3n) is 3.45. The van der Waals surface area contributed by atoms with Crippen LogP contribution in [0.25, 0.3) is 11.2 Å². The van der Waals surface area contributed by atoms with Crippen molar-refractivity contribution in [2.75, 3.05) is 24.2 Å². The highest BCUT2D eigenvalue weighted by atomic mass is 15.2. The van der Waals surface area contributed by atoms with Crippen LogP contribution in [0.1, 0.15) is 18.4 Å². The molecule has 0 amide bonds. The Morgan fingerprint density at radius 3 is 2.76 bits per heavy atom. The van der Waals surface area contributed by atoms with Crippen LogP contribution in [0.4, 0.5) is 11.8 Å². The lowest BCUT2D eigenvalue weighted by Gasteiger charge is -2.14. The number of aromatic nitrogens is 4. The van der Waals surface area contributed by atoms with Gasteiger partial charge in [0.25, 0.3) is 0 Å². The number of anilines is 2. The van der Waals surface area contributed by atoms with Crippen LogP contribution in [0.2, 0.25) is 0 Å². The van der Waals surface area contributed by atoms with Crippen LogP contribution >= 0.6 is 0 Å². The average Bonchev–Trinajstić information content (AvgIpc) is 3.01. The van der Waals surface area contributed by atoms with Gasteiger partial charge in [0.15, 0.2) is 11.5 Å². The highest BCUT2D eigenvalue weighted by Gasteiger charge is 2.11. The Bertz CT molecular complexity index is 721. The summed E-state index contributed by atoms with van der Waals surface area (Å²) in [6, 6.07) is 10.4. The molecule has 3 aromatic rings.